The normalized spacial score (nSPS) is 12.3. The summed E-state index contributed by atoms with van der Waals surface area (Å²) in [5.74, 6) is 0. The van der Waals surface area contributed by atoms with Crippen molar-refractivity contribution in [2.24, 2.45) is 0 Å². The first-order valence-electron chi connectivity index (χ1n) is 6.62. The lowest BCUT2D eigenvalue weighted by atomic mass is 10.1. The number of rotatable bonds is 4. The fourth-order valence-electron chi connectivity index (χ4n) is 2.06. The predicted octanol–water partition coefficient (Wildman–Crippen LogP) is 3.31. The van der Waals surface area contributed by atoms with E-state index in [1.54, 1.807) is 6.20 Å². The van der Waals surface area contributed by atoms with Crippen molar-refractivity contribution in [2.45, 2.75) is 12.5 Å². The Hall–Kier alpha value is -1.98. The van der Waals surface area contributed by atoms with Gasteiger partial charge in [0.2, 0.25) is 0 Å². The number of halogens is 1. The summed E-state index contributed by atoms with van der Waals surface area (Å²) < 4.78 is 1.02. The van der Waals surface area contributed by atoms with E-state index in [1.165, 1.54) is 4.80 Å². The zero-order chi connectivity index (χ0) is 14.7. The monoisotopic (exact) mass is 343 g/mol. The maximum Gasteiger partial charge on any atom is 0.112 e. The van der Waals surface area contributed by atoms with Gasteiger partial charge in [-0.3, -0.25) is 0 Å². The largest absolute Gasteiger partial charge is 0.386 e. The number of para-hydroxylation sites is 1. The first kappa shape index (κ1) is 14.0. The minimum atomic E-state index is -0.663. The Kier molecular flexibility index (Phi) is 4.13. The highest BCUT2D eigenvalue weighted by Crippen LogP contribution is 2.18. The quantitative estimate of drug-likeness (QED) is 0.790. The molecule has 21 heavy (non-hydrogen) atoms. The lowest BCUT2D eigenvalue weighted by Crippen LogP contribution is -2.04. The maximum atomic E-state index is 10.3. The van der Waals surface area contributed by atoms with Crippen molar-refractivity contribution >= 4 is 15.9 Å². The number of aromatic nitrogens is 3. The Morgan fingerprint density at radius 3 is 2.48 bits per heavy atom. The predicted molar refractivity (Wildman–Crippen MR) is 84.2 cm³/mol. The third-order valence-electron chi connectivity index (χ3n) is 3.18. The van der Waals surface area contributed by atoms with Crippen LogP contribution in [-0.4, -0.2) is 20.1 Å². The van der Waals surface area contributed by atoms with Gasteiger partial charge in [0, 0.05) is 10.9 Å². The van der Waals surface area contributed by atoms with Crippen molar-refractivity contribution < 1.29 is 5.11 Å². The Labute approximate surface area is 131 Å². The van der Waals surface area contributed by atoms with Gasteiger partial charge in [0.15, 0.2) is 0 Å². The first-order valence-corrected chi connectivity index (χ1v) is 7.42. The summed E-state index contributed by atoms with van der Waals surface area (Å²) in [7, 11) is 0. The Bertz CT molecular complexity index is 710. The van der Waals surface area contributed by atoms with Gasteiger partial charge in [-0.1, -0.05) is 46.3 Å². The average Bonchev–Trinajstić information content (AvgIpc) is 3.00. The van der Waals surface area contributed by atoms with Crippen LogP contribution in [0.15, 0.2) is 65.3 Å². The molecule has 0 saturated carbocycles. The summed E-state index contributed by atoms with van der Waals surface area (Å²) in [6, 6.07) is 17.5. The van der Waals surface area contributed by atoms with Gasteiger partial charge in [-0.15, -0.1) is 0 Å². The van der Waals surface area contributed by atoms with E-state index in [0.29, 0.717) is 12.1 Å². The molecule has 5 heteroatoms. The number of hydrogen-bond acceptors (Lipinski definition) is 3. The SMILES string of the molecule is OC(Cc1ccc(Br)cc1)c1cnn(-c2ccccc2)n1. The minimum Gasteiger partial charge on any atom is -0.386 e. The van der Waals surface area contributed by atoms with Crippen molar-refractivity contribution in [3.63, 3.8) is 0 Å². The third kappa shape index (κ3) is 3.37. The molecule has 0 saturated heterocycles. The lowest BCUT2D eigenvalue weighted by Gasteiger charge is -2.07. The molecule has 3 aromatic rings. The molecule has 1 unspecified atom stereocenters. The number of aliphatic hydroxyl groups is 1. The second kappa shape index (κ2) is 6.20. The van der Waals surface area contributed by atoms with E-state index in [2.05, 4.69) is 26.1 Å². The molecule has 0 aliphatic heterocycles. The van der Waals surface area contributed by atoms with Gasteiger partial charge in [-0.2, -0.15) is 15.0 Å². The van der Waals surface area contributed by atoms with Crippen molar-refractivity contribution in [3.05, 3.63) is 76.5 Å². The van der Waals surface area contributed by atoms with E-state index in [4.69, 9.17) is 0 Å². The van der Waals surface area contributed by atoms with Crippen LogP contribution < -0.4 is 0 Å². The summed E-state index contributed by atoms with van der Waals surface area (Å²) in [4.78, 5) is 1.53. The van der Waals surface area contributed by atoms with E-state index >= 15 is 0 Å². The Morgan fingerprint density at radius 2 is 1.76 bits per heavy atom. The van der Waals surface area contributed by atoms with E-state index < -0.39 is 6.10 Å². The molecule has 0 bridgehead atoms. The molecule has 0 aliphatic carbocycles. The van der Waals surface area contributed by atoms with Crippen LogP contribution in [0.25, 0.3) is 5.69 Å². The minimum absolute atomic E-state index is 0.515. The zero-order valence-corrected chi connectivity index (χ0v) is 12.8. The number of nitrogens with zero attached hydrogens (tertiary/aromatic N) is 3. The summed E-state index contributed by atoms with van der Waals surface area (Å²) in [6.07, 6.45) is 1.46. The van der Waals surface area contributed by atoms with Crippen LogP contribution in [0.4, 0.5) is 0 Å². The first-order chi connectivity index (χ1) is 10.2. The van der Waals surface area contributed by atoms with E-state index in [0.717, 1.165) is 15.7 Å². The summed E-state index contributed by atoms with van der Waals surface area (Å²) in [5, 5.41) is 18.8. The third-order valence-corrected chi connectivity index (χ3v) is 3.71. The molecule has 1 atom stereocenters. The molecular weight excluding hydrogens is 330 g/mol. The molecule has 1 N–H and O–H groups in total. The van der Waals surface area contributed by atoms with Crippen molar-refractivity contribution in [3.8, 4) is 5.69 Å². The summed E-state index contributed by atoms with van der Waals surface area (Å²) >= 11 is 3.40. The van der Waals surface area contributed by atoms with Crippen LogP contribution in [0.5, 0.6) is 0 Å². The fourth-order valence-corrected chi connectivity index (χ4v) is 2.33. The second-order valence-electron chi connectivity index (χ2n) is 4.74. The topological polar surface area (TPSA) is 50.9 Å². The number of benzene rings is 2. The van der Waals surface area contributed by atoms with Gasteiger partial charge in [0.05, 0.1) is 11.9 Å². The summed E-state index contributed by atoms with van der Waals surface area (Å²) in [5.41, 5.74) is 2.50. The second-order valence-corrected chi connectivity index (χ2v) is 5.66. The zero-order valence-electron chi connectivity index (χ0n) is 11.2. The lowest BCUT2D eigenvalue weighted by molar-refractivity contribution is 0.173. The molecule has 0 radical (unpaired) electrons. The highest BCUT2D eigenvalue weighted by atomic mass is 79.9. The molecule has 106 valence electrons. The average molecular weight is 344 g/mol. The molecule has 0 fully saturated rings. The Balaban J connectivity index is 1.75. The van der Waals surface area contributed by atoms with Crippen molar-refractivity contribution in [2.75, 3.05) is 0 Å². The van der Waals surface area contributed by atoms with E-state index in [-0.39, 0.29) is 0 Å². The van der Waals surface area contributed by atoms with Gasteiger partial charge in [-0.05, 0) is 29.8 Å². The van der Waals surface area contributed by atoms with Crippen molar-refractivity contribution in [1.29, 1.82) is 0 Å². The van der Waals surface area contributed by atoms with Crippen LogP contribution in [-0.2, 0) is 6.42 Å². The fraction of sp³-hybridized carbons (Fsp3) is 0.125. The molecule has 4 nitrogen and oxygen atoms in total. The van der Waals surface area contributed by atoms with E-state index in [9.17, 15) is 5.11 Å². The van der Waals surface area contributed by atoms with Gasteiger partial charge >= 0.3 is 0 Å². The molecule has 2 aromatic carbocycles. The van der Waals surface area contributed by atoms with Crippen LogP contribution >= 0.6 is 15.9 Å². The van der Waals surface area contributed by atoms with Crippen LogP contribution in [0.3, 0.4) is 0 Å². The van der Waals surface area contributed by atoms with Gasteiger partial charge in [0.1, 0.15) is 11.8 Å². The highest BCUT2D eigenvalue weighted by Gasteiger charge is 2.13. The Morgan fingerprint density at radius 1 is 1.05 bits per heavy atom. The highest BCUT2D eigenvalue weighted by molar-refractivity contribution is 9.10. The molecule has 1 heterocycles. The molecule has 0 spiro atoms. The number of aliphatic hydroxyl groups excluding tert-OH is 1. The maximum absolute atomic E-state index is 10.3. The van der Waals surface area contributed by atoms with Crippen molar-refractivity contribution in [1.82, 2.24) is 15.0 Å². The molecule has 1 aromatic heterocycles. The van der Waals surface area contributed by atoms with Crippen LogP contribution in [0, 0.1) is 0 Å². The van der Waals surface area contributed by atoms with Crippen LogP contribution in [0.1, 0.15) is 17.4 Å². The van der Waals surface area contributed by atoms with Gasteiger partial charge < -0.3 is 5.11 Å². The molecule has 0 amide bonds. The van der Waals surface area contributed by atoms with Gasteiger partial charge in [-0.25, -0.2) is 0 Å². The smallest absolute Gasteiger partial charge is 0.112 e. The van der Waals surface area contributed by atoms with Gasteiger partial charge in [0.25, 0.3) is 0 Å². The molecule has 3 rings (SSSR count). The molecular formula is C16H14BrN3O. The number of hydrogen-bond donors (Lipinski definition) is 1. The van der Waals surface area contributed by atoms with Crippen LogP contribution in [0.2, 0.25) is 0 Å². The standard InChI is InChI=1S/C16H14BrN3O/c17-13-8-6-12(7-9-13)10-16(21)15-11-18-20(19-15)14-4-2-1-3-5-14/h1-9,11,16,21H,10H2. The molecule has 0 aliphatic rings. The van der Waals surface area contributed by atoms with E-state index in [1.807, 2.05) is 54.6 Å². The summed E-state index contributed by atoms with van der Waals surface area (Å²) in [6.45, 7) is 0.